The van der Waals surface area contributed by atoms with E-state index in [1.165, 1.54) is 14.2 Å². The minimum Gasteiger partial charge on any atom is -0.497 e. The Morgan fingerprint density at radius 3 is 2.31 bits per heavy atom. The highest BCUT2D eigenvalue weighted by Crippen LogP contribution is 2.40. The maximum absolute atomic E-state index is 12.9. The number of ether oxygens (including phenoxy) is 3. The number of allylic oxidation sites excluding steroid dienone is 1. The molecule has 35 heavy (non-hydrogen) atoms. The van der Waals surface area contributed by atoms with Gasteiger partial charge in [0.25, 0.3) is 0 Å². The van der Waals surface area contributed by atoms with Crippen molar-refractivity contribution < 1.29 is 28.6 Å². The number of methoxy groups -OCH3 is 2. The van der Waals surface area contributed by atoms with Gasteiger partial charge in [0.15, 0.2) is 0 Å². The van der Waals surface area contributed by atoms with E-state index in [-0.39, 0.29) is 22.3 Å². The van der Waals surface area contributed by atoms with Crippen LogP contribution in [0.5, 0.6) is 11.5 Å². The quantitative estimate of drug-likeness (QED) is 0.401. The highest BCUT2D eigenvalue weighted by atomic mass is 32.2. The van der Waals surface area contributed by atoms with Crippen LogP contribution < -0.4 is 20.1 Å². The summed E-state index contributed by atoms with van der Waals surface area (Å²) < 4.78 is 15.4. The summed E-state index contributed by atoms with van der Waals surface area (Å²) in [5.41, 5.74) is 1.33. The Morgan fingerprint density at radius 1 is 1.09 bits per heavy atom. The van der Waals surface area contributed by atoms with Gasteiger partial charge in [-0.2, -0.15) is 5.26 Å². The van der Waals surface area contributed by atoms with Crippen LogP contribution in [0.2, 0.25) is 0 Å². The lowest BCUT2D eigenvalue weighted by molar-refractivity contribution is -0.150. The molecule has 0 aliphatic carbocycles. The van der Waals surface area contributed by atoms with Crippen molar-refractivity contribution in [3.63, 3.8) is 0 Å². The molecule has 0 radical (unpaired) electrons. The van der Waals surface area contributed by atoms with Gasteiger partial charge in [0.05, 0.1) is 43.3 Å². The lowest BCUT2D eigenvalue weighted by Crippen LogP contribution is -2.44. The van der Waals surface area contributed by atoms with Crippen molar-refractivity contribution in [1.29, 1.82) is 5.26 Å². The summed E-state index contributed by atoms with van der Waals surface area (Å²) in [6, 6.07) is 15.8. The first kappa shape index (κ1) is 25.6. The first-order chi connectivity index (χ1) is 16.9. The Morgan fingerprint density at radius 2 is 1.74 bits per heavy atom. The SMILES string of the molecule is CCOc1ccc(NC(=O)CSC2=C(C#N)C(c3ccc(OC)cc3)C(C(=O)OC)C(=O)N2)cc1. The fourth-order valence-electron chi connectivity index (χ4n) is 3.63. The number of nitrogens with zero attached hydrogens (tertiary/aromatic N) is 1. The number of carbonyl (C=O) groups is 3. The minimum absolute atomic E-state index is 0.0633. The third-order valence-corrected chi connectivity index (χ3v) is 6.27. The van der Waals surface area contributed by atoms with E-state index in [1.807, 2.05) is 6.92 Å². The van der Waals surface area contributed by atoms with Gasteiger partial charge in [-0.3, -0.25) is 14.4 Å². The van der Waals surface area contributed by atoms with Gasteiger partial charge in [-0.25, -0.2) is 0 Å². The van der Waals surface area contributed by atoms with E-state index >= 15 is 0 Å². The van der Waals surface area contributed by atoms with Gasteiger partial charge in [-0.1, -0.05) is 23.9 Å². The number of thioether (sulfide) groups is 1. The second-order valence-corrected chi connectivity index (χ2v) is 8.38. The monoisotopic (exact) mass is 495 g/mol. The zero-order chi connectivity index (χ0) is 25.4. The second kappa shape index (κ2) is 11.9. The number of anilines is 1. The van der Waals surface area contributed by atoms with Gasteiger partial charge in [-0.05, 0) is 48.9 Å². The van der Waals surface area contributed by atoms with Crippen LogP contribution in [0.4, 0.5) is 5.69 Å². The molecule has 2 aromatic rings. The highest BCUT2D eigenvalue weighted by Gasteiger charge is 2.44. The van der Waals surface area contributed by atoms with Crippen LogP contribution in [0.15, 0.2) is 59.1 Å². The maximum atomic E-state index is 12.9. The van der Waals surface area contributed by atoms with E-state index < -0.39 is 23.7 Å². The number of benzene rings is 2. The number of nitrogens with one attached hydrogen (secondary N) is 2. The minimum atomic E-state index is -1.25. The molecule has 2 unspecified atom stereocenters. The highest BCUT2D eigenvalue weighted by molar-refractivity contribution is 8.03. The molecule has 0 spiro atoms. The average molecular weight is 496 g/mol. The maximum Gasteiger partial charge on any atom is 0.319 e. The third kappa shape index (κ3) is 6.13. The van der Waals surface area contributed by atoms with E-state index in [0.29, 0.717) is 29.4 Å². The van der Waals surface area contributed by atoms with Gasteiger partial charge in [0.1, 0.15) is 17.4 Å². The summed E-state index contributed by atoms with van der Waals surface area (Å²) >= 11 is 1.01. The molecule has 0 aromatic heterocycles. The molecule has 2 aromatic carbocycles. The zero-order valence-corrected chi connectivity index (χ0v) is 20.3. The van der Waals surface area contributed by atoms with Crippen LogP contribution in [0.3, 0.4) is 0 Å². The van der Waals surface area contributed by atoms with Gasteiger partial charge in [-0.15, -0.1) is 0 Å². The number of hydrogen-bond donors (Lipinski definition) is 2. The topological polar surface area (TPSA) is 127 Å². The van der Waals surface area contributed by atoms with E-state index in [4.69, 9.17) is 14.2 Å². The van der Waals surface area contributed by atoms with E-state index in [0.717, 1.165) is 11.8 Å². The standard InChI is InChI=1S/C25H25N3O6S/c1-4-34-18-11-7-16(8-12-18)27-20(29)14-35-24-19(13-26)21(15-5-9-17(32-2)10-6-15)22(23(30)28-24)25(31)33-3/h5-12,21-22H,4,14H2,1-3H3,(H,27,29)(H,28,30). The predicted molar refractivity (Wildman–Crippen MR) is 131 cm³/mol. The van der Waals surface area contributed by atoms with E-state index in [2.05, 4.69) is 16.7 Å². The van der Waals surface area contributed by atoms with Crippen molar-refractivity contribution >= 4 is 35.2 Å². The summed E-state index contributed by atoms with van der Waals surface area (Å²) in [7, 11) is 2.71. The van der Waals surface area contributed by atoms with Crippen LogP contribution in [-0.4, -0.2) is 44.4 Å². The first-order valence-corrected chi connectivity index (χ1v) is 11.7. The Balaban J connectivity index is 1.82. The summed E-state index contributed by atoms with van der Waals surface area (Å²) in [5.74, 6) is -2.58. The summed E-state index contributed by atoms with van der Waals surface area (Å²) in [4.78, 5) is 37.9. The molecule has 2 N–H and O–H groups in total. The number of rotatable bonds is 9. The Hall–Kier alpha value is -3.97. The molecule has 3 rings (SSSR count). The Kier molecular flexibility index (Phi) is 8.75. The van der Waals surface area contributed by atoms with Gasteiger partial charge < -0.3 is 24.8 Å². The van der Waals surface area contributed by atoms with E-state index in [1.54, 1.807) is 48.5 Å². The van der Waals surface area contributed by atoms with Crippen LogP contribution in [0.1, 0.15) is 18.4 Å². The summed E-state index contributed by atoms with van der Waals surface area (Å²) in [6.45, 7) is 2.42. The molecule has 2 amide bonds. The van der Waals surface area contributed by atoms with Crippen LogP contribution in [0, 0.1) is 17.2 Å². The predicted octanol–water partition coefficient (Wildman–Crippen LogP) is 3.20. The van der Waals surface area contributed by atoms with Gasteiger partial charge in [0.2, 0.25) is 11.8 Å². The molecule has 1 heterocycles. The molecule has 1 aliphatic rings. The van der Waals surface area contributed by atoms with Gasteiger partial charge >= 0.3 is 5.97 Å². The van der Waals surface area contributed by atoms with Crippen molar-refractivity contribution in [3.05, 3.63) is 64.7 Å². The van der Waals surface area contributed by atoms with Crippen LogP contribution >= 0.6 is 11.8 Å². The number of hydrogen-bond acceptors (Lipinski definition) is 8. The van der Waals surface area contributed by atoms with E-state index in [9.17, 15) is 19.6 Å². The van der Waals surface area contributed by atoms with Crippen molar-refractivity contribution in [3.8, 4) is 17.6 Å². The van der Waals surface area contributed by atoms with Crippen molar-refractivity contribution in [1.82, 2.24) is 5.32 Å². The lowest BCUT2D eigenvalue weighted by Gasteiger charge is -2.31. The molecule has 0 bridgehead atoms. The second-order valence-electron chi connectivity index (χ2n) is 7.39. The summed E-state index contributed by atoms with van der Waals surface area (Å²) in [6.07, 6.45) is 0. The Bertz CT molecular complexity index is 1160. The Labute approximate surface area is 207 Å². The molecule has 182 valence electrons. The fraction of sp³-hybridized carbons (Fsp3) is 0.280. The average Bonchev–Trinajstić information content (AvgIpc) is 2.88. The van der Waals surface area contributed by atoms with Crippen molar-refractivity contribution in [2.45, 2.75) is 12.8 Å². The molecular formula is C25H25N3O6S. The molecule has 1 aliphatic heterocycles. The number of carbonyl (C=O) groups excluding carboxylic acids is 3. The molecular weight excluding hydrogens is 470 g/mol. The van der Waals surface area contributed by atoms with Crippen LogP contribution in [-0.2, 0) is 19.1 Å². The molecule has 2 atom stereocenters. The molecule has 0 saturated carbocycles. The van der Waals surface area contributed by atoms with Gasteiger partial charge in [0, 0.05) is 11.6 Å². The third-order valence-electron chi connectivity index (χ3n) is 5.26. The molecule has 0 saturated heterocycles. The molecule has 9 nitrogen and oxygen atoms in total. The van der Waals surface area contributed by atoms with Crippen molar-refractivity contribution in [2.75, 3.05) is 31.9 Å². The normalized spacial score (nSPS) is 17.1. The number of nitriles is 1. The lowest BCUT2D eigenvalue weighted by atomic mass is 9.78. The largest absolute Gasteiger partial charge is 0.497 e. The zero-order valence-electron chi connectivity index (χ0n) is 19.5. The summed E-state index contributed by atoms with van der Waals surface area (Å²) in [5, 5.41) is 15.6. The first-order valence-electron chi connectivity index (χ1n) is 10.7. The number of amides is 2. The molecule has 10 heteroatoms. The fourth-order valence-corrected chi connectivity index (χ4v) is 4.48. The molecule has 0 fully saturated rings. The smallest absolute Gasteiger partial charge is 0.319 e. The number of esters is 1. The van der Waals surface area contributed by atoms with Crippen LogP contribution in [0.25, 0.3) is 0 Å². The van der Waals surface area contributed by atoms with Crippen molar-refractivity contribution in [2.24, 2.45) is 5.92 Å².